The van der Waals surface area contributed by atoms with Gasteiger partial charge >= 0.3 is 5.63 Å². The molecule has 0 fully saturated rings. The lowest BCUT2D eigenvalue weighted by atomic mass is 10.1. The van der Waals surface area contributed by atoms with Crippen molar-refractivity contribution in [3.8, 4) is 0 Å². The molecule has 1 heterocycles. The van der Waals surface area contributed by atoms with Crippen molar-refractivity contribution in [2.75, 3.05) is 20.1 Å². The van der Waals surface area contributed by atoms with Crippen molar-refractivity contribution in [2.45, 2.75) is 6.92 Å². The van der Waals surface area contributed by atoms with Crippen LogP contribution in [-0.4, -0.2) is 26.0 Å². The Kier molecular flexibility index (Phi) is 6.39. The third kappa shape index (κ3) is 3.84. The minimum atomic E-state index is -0.612. The maximum Gasteiger partial charge on any atom is 0.349 e. The lowest BCUT2D eigenvalue weighted by Crippen LogP contribution is -2.33. The van der Waals surface area contributed by atoms with Gasteiger partial charge in [0.25, 0.3) is 5.91 Å². The van der Waals surface area contributed by atoms with Crippen LogP contribution in [0.3, 0.4) is 0 Å². The summed E-state index contributed by atoms with van der Waals surface area (Å²) in [5, 5.41) is 6.35. The van der Waals surface area contributed by atoms with Crippen molar-refractivity contribution in [2.24, 2.45) is 0 Å². The molecule has 2 aromatic rings. The summed E-state index contributed by atoms with van der Waals surface area (Å²) < 4.78 is 6.07. The van der Waals surface area contributed by atoms with Gasteiger partial charge in [-0.1, -0.05) is 15.9 Å². The lowest BCUT2D eigenvalue weighted by Gasteiger charge is -2.08. The van der Waals surface area contributed by atoms with E-state index in [9.17, 15) is 9.59 Å². The molecular weight excluding hydrogens is 360 g/mol. The maximum atomic E-state index is 12.1. The molecule has 0 spiro atoms. The number of carbonyl (C=O) groups is 1. The van der Waals surface area contributed by atoms with E-state index in [-0.39, 0.29) is 18.0 Å². The number of carbonyl (C=O) groups excluding carboxylic acids is 1. The van der Waals surface area contributed by atoms with Gasteiger partial charge in [-0.25, -0.2) is 4.79 Å². The Bertz CT molecular complexity index is 715. The van der Waals surface area contributed by atoms with Gasteiger partial charge in [-0.2, -0.15) is 0 Å². The molecular formula is C14H16BrClN2O3. The third-order valence-electron chi connectivity index (χ3n) is 3.02. The molecule has 7 heteroatoms. The number of fused-ring (bicyclic) bond motifs is 1. The number of amides is 1. The van der Waals surface area contributed by atoms with Crippen LogP contribution in [0.1, 0.15) is 15.9 Å². The van der Waals surface area contributed by atoms with Gasteiger partial charge in [0.2, 0.25) is 0 Å². The highest BCUT2D eigenvalue weighted by Gasteiger charge is 2.18. The van der Waals surface area contributed by atoms with Crippen LogP contribution < -0.4 is 16.3 Å². The first kappa shape index (κ1) is 17.7. The summed E-state index contributed by atoms with van der Waals surface area (Å²) in [5.74, 6) is -0.409. The van der Waals surface area contributed by atoms with Gasteiger partial charge in [0.15, 0.2) is 0 Å². The number of aryl methyl sites for hydroxylation is 1. The van der Waals surface area contributed by atoms with E-state index in [1.54, 1.807) is 26.1 Å². The van der Waals surface area contributed by atoms with Crippen molar-refractivity contribution in [3.05, 3.63) is 44.2 Å². The van der Waals surface area contributed by atoms with Crippen LogP contribution in [0.5, 0.6) is 0 Å². The second-order valence-corrected chi connectivity index (χ2v) is 5.31. The molecule has 0 atom stereocenters. The van der Waals surface area contributed by atoms with Gasteiger partial charge in [-0.05, 0) is 37.7 Å². The predicted molar refractivity (Wildman–Crippen MR) is 88.4 cm³/mol. The molecule has 0 saturated heterocycles. The van der Waals surface area contributed by atoms with E-state index in [1.807, 2.05) is 6.07 Å². The molecule has 0 aliphatic heterocycles. The SMILES string of the molecule is CNCCNC(=O)c1c(C)c2cc(Br)ccc2oc1=O.Cl. The van der Waals surface area contributed by atoms with Crippen molar-refractivity contribution in [1.29, 1.82) is 0 Å². The van der Waals surface area contributed by atoms with Crippen LogP contribution in [0.25, 0.3) is 11.0 Å². The van der Waals surface area contributed by atoms with Gasteiger partial charge in [-0.3, -0.25) is 4.79 Å². The fourth-order valence-corrected chi connectivity index (χ4v) is 2.34. The molecule has 1 aromatic heterocycles. The highest BCUT2D eigenvalue weighted by atomic mass is 79.9. The Hall–Kier alpha value is -1.37. The second-order valence-electron chi connectivity index (χ2n) is 4.39. The van der Waals surface area contributed by atoms with E-state index in [0.717, 1.165) is 9.86 Å². The van der Waals surface area contributed by atoms with Crippen LogP contribution in [0.4, 0.5) is 0 Å². The maximum absolute atomic E-state index is 12.1. The minimum absolute atomic E-state index is 0. The molecule has 1 amide bonds. The smallest absolute Gasteiger partial charge is 0.349 e. The number of likely N-dealkylation sites (N-methyl/N-ethyl adjacent to an activating group) is 1. The lowest BCUT2D eigenvalue weighted by molar-refractivity contribution is 0.0950. The molecule has 0 bridgehead atoms. The van der Waals surface area contributed by atoms with Crippen LogP contribution in [-0.2, 0) is 0 Å². The van der Waals surface area contributed by atoms with Crippen LogP contribution in [0, 0.1) is 6.92 Å². The van der Waals surface area contributed by atoms with E-state index in [1.165, 1.54) is 0 Å². The molecule has 1 aromatic carbocycles. The summed E-state index contributed by atoms with van der Waals surface area (Å²) >= 11 is 3.37. The van der Waals surface area contributed by atoms with Crippen molar-refractivity contribution >= 4 is 45.2 Å². The third-order valence-corrected chi connectivity index (χ3v) is 3.51. The molecule has 0 aliphatic rings. The zero-order valence-corrected chi connectivity index (χ0v) is 14.1. The van der Waals surface area contributed by atoms with E-state index < -0.39 is 11.5 Å². The molecule has 0 saturated carbocycles. The molecule has 0 unspecified atom stereocenters. The highest BCUT2D eigenvalue weighted by Crippen LogP contribution is 2.23. The predicted octanol–water partition coefficient (Wildman–Crippen LogP) is 2.23. The van der Waals surface area contributed by atoms with Crippen LogP contribution in [0.2, 0.25) is 0 Å². The minimum Gasteiger partial charge on any atom is -0.422 e. The molecule has 0 radical (unpaired) electrons. The first-order valence-electron chi connectivity index (χ1n) is 6.20. The first-order valence-corrected chi connectivity index (χ1v) is 6.99. The van der Waals surface area contributed by atoms with Gasteiger partial charge in [0, 0.05) is 22.9 Å². The zero-order chi connectivity index (χ0) is 14.7. The van der Waals surface area contributed by atoms with Crippen molar-refractivity contribution in [3.63, 3.8) is 0 Å². The van der Waals surface area contributed by atoms with E-state index in [2.05, 4.69) is 26.6 Å². The monoisotopic (exact) mass is 374 g/mol. The topological polar surface area (TPSA) is 71.3 Å². The van der Waals surface area contributed by atoms with Gasteiger partial charge in [0.1, 0.15) is 11.1 Å². The van der Waals surface area contributed by atoms with Gasteiger partial charge in [0.05, 0.1) is 0 Å². The fourth-order valence-electron chi connectivity index (χ4n) is 1.98. The Morgan fingerprint density at radius 1 is 1.33 bits per heavy atom. The number of halogens is 2. The molecule has 2 rings (SSSR count). The Morgan fingerprint density at radius 2 is 2.05 bits per heavy atom. The Labute approximate surface area is 136 Å². The number of rotatable bonds is 4. The summed E-state index contributed by atoms with van der Waals surface area (Å²) in [6.07, 6.45) is 0. The van der Waals surface area contributed by atoms with Crippen molar-refractivity contribution in [1.82, 2.24) is 10.6 Å². The van der Waals surface area contributed by atoms with E-state index in [4.69, 9.17) is 4.42 Å². The summed E-state index contributed by atoms with van der Waals surface area (Å²) in [7, 11) is 1.79. The number of nitrogens with one attached hydrogen (secondary N) is 2. The van der Waals surface area contributed by atoms with E-state index in [0.29, 0.717) is 24.2 Å². The van der Waals surface area contributed by atoms with Gasteiger partial charge < -0.3 is 15.1 Å². The van der Waals surface area contributed by atoms with Gasteiger partial charge in [-0.15, -0.1) is 12.4 Å². The normalized spacial score (nSPS) is 10.2. The van der Waals surface area contributed by atoms with E-state index >= 15 is 0 Å². The zero-order valence-electron chi connectivity index (χ0n) is 11.7. The number of hydrogen-bond acceptors (Lipinski definition) is 4. The Balaban J connectivity index is 0.00000220. The molecule has 21 heavy (non-hydrogen) atoms. The highest BCUT2D eigenvalue weighted by molar-refractivity contribution is 9.10. The van der Waals surface area contributed by atoms with Crippen LogP contribution in [0.15, 0.2) is 31.9 Å². The standard InChI is InChI=1S/C14H15BrN2O3.ClH/c1-8-10-7-9(15)3-4-11(10)20-14(19)12(8)13(18)17-6-5-16-2;/h3-4,7,16H,5-6H2,1-2H3,(H,17,18);1H. The fraction of sp³-hybridized carbons (Fsp3) is 0.286. The van der Waals surface area contributed by atoms with Crippen molar-refractivity contribution < 1.29 is 9.21 Å². The van der Waals surface area contributed by atoms with Crippen LogP contribution >= 0.6 is 28.3 Å². The average molecular weight is 376 g/mol. The molecule has 0 aliphatic carbocycles. The summed E-state index contributed by atoms with van der Waals surface area (Å²) in [5.41, 5.74) is 0.549. The Morgan fingerprint density at radius 3 is 2.71 bits per heavy atom. The summed E-state index contributed by atoms with van der Waals surface area (Å²) in [6.45, 7) is 2.83. The quantitative estimate of drug-likeness (QED) is 0.635. The molecule has 5 nitrogen and oxygen atoms in total. The molecule has 114 valence electrons. The average Bonchev–Trinajstić information content (AvgIpc) is 2.40. The first-order chi connectivity index (χ1) is 9.54. The summed E-state index contributed by atoms with van der Waals surface area (Å²) in [6, 6.07) is 5.33. The summed E-state index contributed by atoms with van der Waals surface area (Å²) in [4.78, 5) is 24.0. The number of hydrogen-bond donors (Lipinski definition) is 2. The second kappa shape index (κ2) is 7.59. The number of benzene rings is 1. The molecule has 2 N–H and O–H groups in total. The largest absolute Gasteiger partial charge is 0.422 e.